The Hall–Kier alpha value is -2.36. The monoisotopic (exact) mass is 273 g/mol. The highest BCUT2D eigenvalue weighted by Crippen LogP contribution is 2.30. The molecule has 106 valence electrons. The maximum atomic E-state index is 10.1. The van der Waals surface area contributed by atoms with Crippen molar-refractivity contribution in [3.63, 3.8) is 0 Å². The number of benzene rings is 2. The highest BCUT2D eigenvalue weighted by molar-refractivity contribution is 5.55. The molecule has 0 aliphatic carbocycles. The van der Waals surface area contributed by atoms with E-state index in [-0.39, 0.29) is 11.5 Å². The van der Waals surface area contributed by atoms with Crippen molar-refractivity contribution in [1.29, 1.82) is 0 Å². The Morgan fingerprint density at radius 3 is 2.65 bits per heavy atom. The molecule has 0 saturated heterocycles. The first-order valence-electron chi connectivity index (χ1n) is 6.59. The second kappa shape index (κ2) is 6.19. The topological polar surface area (TPSA) is 61.7 Å². The minimum absolute atomic E-state index is 0.165. The van der Waals surface area contributed by atoms with E-state index in [1.54, 1.807) is 18.2 Å². The Kier molecular flexibility index (Phi) is 4.35. The van der Waals surface area contributed by atoms with Crippen molar-refractivity contribution in [2.24, 2.45) is 0 Å². The number of ether oxygens (including phenoxy) is 1. The van der Waals surface area contributed by atoms with E-state index in [0.717, 1.165) is 16.8 Å². The van der Waals surface area contributed by atoms with Crippen LogP contribution in [0.2, 0.25) is 0 Å². The quantitative estimate of drug-likeness (QED) is 0.730. The van der Waals surface area contributed by atoms with E-state index in [4.69, 9.17) is 4.74 Å². The van der Waals surface area contributed by atoms with E-state index < -0.39 is 0 Å². The lowest BCUT2D eigenvalue weighted by Gasteiger charge is -2.13. The summed E-state index contributed by atoms with van der Waals surface area (Å²) in [5.41, 5.74) is 2.64. The van der Waals surface area contributed by atoms with Gasteiger partial charge in [0.1, 0.15) is 5.75 Å². The van der Waals surface area contributed by atoms with Crippen molar-refractivity contribution in [1.82, 2.24) is 0 Å². The van der Waals surface area contributed by atoms with E-state index in [1.807, 2.05) is 32.0 Å². The molecule has 0 atom stereocenters. The van der Waals surface area contributed by atoms with Crippen molar-refractivity contribution in [2.75, 3.05) is 11.9 Å². The molecular formula is C16H19NO3. The third-order valence-electron chi connectivity index (χ3n) is 3.06. The van der Waals surface area contributed by atoms with Crippen molar-refractivity contribution < 1.29 is 14.9 Å². The summed E-state index contributed by atoms with van der Waals surface area (Å²) < 4.78 is 5.36. The zero-order valence-corrected chi connectivity index (χ0v) is 11.7. The molecule has 3 N–H and O–H groups in total. The number of aromatic hydroxyl groups is 2. The fraction of sp³-hybridized carbons (Fsp3) is 0.250. The Balaban J connectivity index is 2.12. The van der Waals surface area contributed by atoms with Gasteiger partial charge in [-0.3, -0.25) is 0 Å². The molecule has 0 fully saturated rings. The lowest BCUT2D eigenvalue weighted by Crippen LogP contribution is -2.02. The van der Waals surface area contributed by atoms with Crippen molar-refractivity contribution in [2.45, 2.75) is 20.4 Å². The first-order valence-corrected chi connectivity index (χ1v) is 6.59. The van der Waals surface area contributed by atoms with Gasteiger partial charge in [-0.2, -0.15) is 0 Å². The molecule has 0 aliphatic heterocycles. The highest BCUT2D eigenvalue weighted by atomic mass is 16.5. The van der Waals surface area contributed by atoms with Gasteiger partial charge in [0.15, 0.2) is 11.5 Å². The summed E-state index contributed by atoms with van der Waals surface area (Å²) in [7, 11) is 0. The molecule has 0 aromatic heterocycles. The summed E-state index contributed by atoms with van der Waals surface area (Å²) in [6.45, 7) is 4.79. The van der Waals surface area contributed by atoms with Crippen molar-refractivity contribution >= 4 is 5.69 Å². The van der Waals surface area contributed by atoms with Crippen LogP contribution in [0.15, 0.2) is 36.4 Å². The van der Waals surface area contributed by atoms with Crippen LogP contribution in [-0.2, 0) is 6.54 Å². The van der Waals surface area contributed by atoms with Gasteiger partial charge in [0.25, 0.3) is 0 Å². The number of rotatable bonds is 5. The van der Waals surface area contributed by atoms with Crippen molar-refractivity contribution in [3.8, 4) is 17.2 Å². The van der Waals surface area contributed by atoms with Gasteiger partial charge in [-0.15, -0.1) is 0 Å². The first kappa shape index (κ1) is 14.1. The molecule has 0 radical (unpaired) electrons. The molecule has 0 aliphatic rings. The third-order valence-corrected chi connectivity index (χ3v) is 3.06. The van der Waals surface area contributed by atoms with E-state index in [0.29, 0.717) is 18.9 Å². The van der Waals surface area contributed by atoms with Crippen LogP contribution in [-0.4, -0.2) is 16.8 Å². The van der Waals surface area contributed by atoms with Gasteiger partial charge in [-0.05, 0) is 43.7 Å². The number of hydrogen-bond acceptors (Lipinski definition) is 4. The van der Waals surface area contributed by atoms with Gasteiger partial charge in [0.2, 0.25) is 0 Å². The zero-order chi connectivity index (χ0) is 14.5. The molecule has 0 bridgehead atoms. The first-order chi connectivity index (χ1) is 9.61. The highest BCUT2D eigenvalue weighted by Gasteiger charge is 2.08. The van der Waals surface area contributed by atoms with Gasteiger partial charge >= 0.3 is 0 Å². The minimum Gasteiger partial charge on any atom is -0.508 e. The van der Waals surface area contributed by atoms with Gasteiger partial charge < -0.3 is 20.3 Å². The SMILES string of the molecule is CCOc1cccc(CNc2ccc(O)cc2C)c1O. The van der Waals surface area contributed by atoms with Gasteiger partial charge in [-0.1, -0.05) is 12.1 Å². The molecule has 2 rings (SSSR count). The maximum absolute atomic E-state index is 10.1. The Labute approximate surface area is 118 Å². The van der Waals surface area contributed by atoms with Crippen LogP contribution in [0.25, 0.3) is 0 Å². The van der Waals surface area contributed by atoms with Gasteiger partial charge in [0.05, 0.1) is 6.61 Å². The molecule has 20 heavy (non-hydrogen) atoms. The molecule has 0 amide bonds. The standard InChI is InChI=1S/C16H19NO3/c1-3-20-15-6-4-5-12(16(15)19)10-17-14-8-7-13(18)9-11(14)2/h4-9,17-19H,3,10H2,1-2H3. The van der Waals surface area contributed by atoms with Crippen LogP contribution in [0.1, 0.15) is 18.1 Å². The summed E-state index contributed by atoms with van der Waals surface area (Å²) in [5.74, 6) is 0.904. The molecule has 4 nitrogen and oxygen atoms in total. The third kappa shape index (κ3) is 3.15. The smallest absolute Gasteiger partial charge is 0.162 e. The van der Waals surface area contributed by atoms with Crippen LogP contribution in [0.3, 0.4) is 0 Å². The molecule has 4 heteroatoms. The average molecular weight is 273 g/mol. The number of hydrogen-bond donors (Lipinski definition) is 3. The number of aryl methyl sites for hydroxylation is 1. The zero-order valence-electron chi connectivity index (χ0n) is 11.7. The lowest BCUT2D eigenvalue weighted by atomic mass is 10.1. The van der Waals surface area contributed by atoms with E-state index in [9.17, 15) is 10.2 Å². The molecule has 0 unspecified atom stereocenters. The van der Waals surface area contributed by atoms with E-state index >= 15 is 0 Å². The van der Waals surface area contributed by atoms with E-state index in [1.165, 1.54) is 0 Å². The summed E-state index contributed by atoms with van der Waals surface area (Å²) in [4.78, 5) is 0. The van der Waals surface area contributed by atoms with E-state index in [2.05, 4.69) is 5.32 Å². The normalized spacial score (nSPS) is 10.3. The summed E-state index contributed by atoms with van der Waals surface area (Å²) in [5, 5.41) is 22.7. The fourth-order valence-corrected chi connectivity index (χ4v) is 2.02. The number of para-hydroxylation sites is 1. The summed E-state index contributed by atoms with van der Waals surface area (Å²) in [6, 6.07) is 10.6. The van der Waals surface area contributed by atoms with Crippen LogP contribution in [0.5, 0.6) is 17.2 Å². The van der Waals surface area contributed by atoms with Crippen molar-refractivity contribution in [3.05, 3.63) is 47.5 Å². The molecule has 0 spiro atoms. The Morgan fingerprint density at radius 2 is 1.95 bits per heavy atom. The van der Waals surface area contributed by atoms with Crippen LogP contribution in [0.4, 0.5) is 5.69 Å². The molecule has 0 saturated carbocycles. The second-order valence-electron chi connectivity index (χ2n) is 4.55. The second-order valence-corrected chi connectivity index (χ2v) is 4.55. The minimum atomic E-state index is 0.165. The largest absolute Gasteiger partial charge is 0.508 e. The maximum Gasteiger partial charge on any atom is 0.162 e. The Bertz CT molecular complexity index is 596. The lowest BCUT2D eigenvalue weighted by molar-refractivity contribution is 0.317. The van der Waals surface area contributed by atoms with Crippen LogP contribution < -0.4 is 10.1 Å². The predicted molar refractivity (Wildman–Crippen MR) is 79.4 cm³/mol. The predicted octanol–water partition coefficient (Wildman–Crippen LogP) is 3.42. The Morgan fingerprint density at radius 1 is 1.15 bits per heavy atom. The number of anilines is 1. The van der Waals surface area contributed by atoms with Gasteiger partial charge in [-0.25, -0.2) is 0 Å². The molecule has 2 aromatic rings. The molecule has 0 heterocycles. The number of phenols is 2. The number of nitrogens with one attached hydrogen (secondary N) is 1. The number of phenolic OH excluding ortho intramolecular Hbond substituents is 2. The molecule has 2 aromatic carbocycles. The summed E-state index contributed by atoms with van der Waals surface area (Å²) in [6.07, 6.45) is 0. The van der Waals surface area contributed by atoms with Crippen LogP contribution >= 0.6 is 0 Å². The molecular weight excluding hydrogens is 254 g/mol. The fourth-order valence-electron chi connectivity index (χ4n) is 2.02. The average Bonchev–Trinajstić information content (AvgIpc) is 2.42. The van der Waals surface area contributed by atoms with Crippen LogP contribution in [0, 0.1) is 6.92 Å². The van der Waals surface area contributed by atoms with Gasteiger partial charge in [0, 0.05) is 17.8 Å². The summed E-state index contributed by atoms with van der Waals surface area (Å²) >= 11 is 0.